The number of piperazine rings is 1. The van der Waals surface area contributed by atoms with Gasteiger partial charge < -0.3 is 14.8 Å². The Hall–Kier alpha value is -0.780. The van der Waals surface area contributed by atoms with Crippen molar-refractivity contribution in [2.75, 3.05) is 33.3 Å². The summed E-state index contributed by atoms with van der Waals surface area (Å²) >= 11 is 3.62. The minimum atomic E-state index is 0.374. The maximum absolute atomic E-state index is 5.93. The number of hydrogen-bond acceptors (Lipinski definition) is 4. The van der Waals surface area contributed by atoms with Gasteiger partial charge in [0.25, 0.3) is 0 Å². The van der Waals surface area contributed by atoms with Crippen LogP contribution in [0.1, 0.15) is 18.4 Å². The number of nitrogens with zero attached hydrogens (tertiary/aromatic N) is 1. The smallest absolute Gasteiger partial charge is 0.175 e. The normalized spacial score (nSPS) is 19.9. The molecular weight excluding hydrogens is 320 g/mol. The Labute approximate surface area is 128 Å². The molecule has 0 atom stereocenters. The fourth-order valence-electron chi connectivity index (χ4n) is 2.46. The summed E-state index contributed by atoms with van der Waals surface area (Å²) in [6.07, 6.45) is 2.68. The molecular formula is C15H21BrN2O2. The quantitative estimate of drug-likeness (QED) is 0.892. The highest BCUT2D eigenvalue weighted by molar-refractivity contribution is 9.10. The van der Waals surface area contributed by atoms with E-state index in [2.05, 4.69) is 38.3 Å². The molecule has 1 saturated heterocycles. The average Bonchev–Trinajstić information content (AvgIpc) is 3.26. The highest BCUT2D eigenvalue weighted by Crippen LogP contribution is 2.40. The van der Waals surface area contributed by atoms with Crippen LogP contribution in [0.15, 0.2) is 16.6 Å². The van der Waals surface area contributed by atoms with Crippen molar-refractivity contribution in [2.24, 2.45) is 0 Å². The number of rotatable bonds is 5. The first kappa shape index (κ1) is 14.2. The number of halogens is 1. The van der Waals surface area contributed by atoms with E-state index in [4.69, 9.17) is 9.47 Å². The fraction of sp³-hybridized carbons (Fsp3) is 0.600. The van der Waals surface area contributed by atoms with Crippen molar-refractivity contribution >= 4 is 15.9 Å². The minimum Gasteiger partial charge on any atom is -0.493 e. The van der Waals surface area contributed by atoms with Crippen molar-refractivity contribution in [2.45, 2.75) is 25.5 Å². The molecule has 0 aromatic heterocycles. The van der Waals surface area contributed by atoms with Crippen molar-refractivity contribution in [3.05, 3.63) is 22.2 Å². The van der Waals surface area contributed by atoms with Crippen LogP contribution in [-0.4, -0.2) is 44.3 Å². The third kappa shape index (κ3) is 3.45. The molecule has 1 N–H and O–H groups in total. The molecule has 0 bridgehead atoms. The second kappa shape index (κ2) is 6.33. The van der Waals surface area contributed by atoms with Gasteiger partial charge in [-0.05, 0) is 46.5 Å². The van der Waals surface area contributed by atoms with E-state index in [1.165, 1.54) is 5.56 Å². The third-order valence-electron chi connectivity index (χ3n) is 3.71. The first-order valence-electron chi connectivity index (χ1n) is 7.22. The van der Waals surface area contributed by atoms with Gasteiger partial charge >= 0.3 is 0 Å². The van der Waals surface area contributed by atoms with Crippen LogP contribution in [-0.2, 0) is 6.54 Å². The van der Waals surface area contributed by atoms with E-state index >= 15 is 0 Å². The zero-order valence-corrected chi connectivity index (χ0v) is 13.4. The van der Waals surface area contributed by atoms with Crippen LogP contribution < -0.4 is 14.8 Å². The van der Waals surface area contributed by atoms with Gasteiger partial charge in [-0.25, -0.2) is 0 Å². The van der Waals surface area contributed by atoms with E-state index < -0.39 is 0 Å². The third-order valence-corrected chi connectivity index (χ3v) is 4.30. The van der Waals surface area contributed by atoms with Gasteiger partial charge in [-0.15, -0.1) is 0 Å². The molecule has 4 nitrogen and oxygen atoms in total. The molecule has 1 aliphatic heterocycles. The van der Waals surface area contributed by atoms with E-state index in [1.54, 1.807) is 7.11 Å². The van der Waals surface area contributed by atoms with Crippen molar-refractivity contribution < 1.29 is 9.47 Å². The van der Waals surface area contributed by atoms with Crippen molar-refractivity contribution in [1.82, 2.24) is 10.2 Å². The lowest BCUT2D eigenvalue weighted by Gasteiger charge is -2.27. The lowest BCUT2D eigenvalue weighted by molar-refractivity contribution is 0.232. The highest BCUT2D eigenvalue weighted by atomic mass is 79.9. The van der Waals surface area contributed by atoms with E-state index in [0.717, 1.165) is 61.5 Å². The van der Waals surface area contributed by atoms with E-state index in [1.807, 2.05) is 0 Å². The number of methoxy groups -OCH3 is 1. The topological polar surface area (TPSA) is 33.7 Å². The number of benzene rings is 1. The molecule has 3 rings (SSSR count). The van der Waals surface area contributed by atoms with Gasteiger partial charge in [0.2, 0.25) is 0 Å². The van der Waals surface area contributed by atoms with Gasteiger partial charge in [0.05, 0.1) is 17.7 Å². The Morgan fingerprint density at radius 1 is 1.30 bits per heavy atom. The molecule has 0 unspecified atom stereocenters. The van der Waals surface area contributed by atoms with E-state index in [9.17, 15) is 0 Å². The highest BCUT2D eigenvalue weighted by Gasteiger charge is 2.26. The Morgan fingerprint density at radius 3 is 2.70 bits per heavy atom. The molecule has 5 heteroatoms. The molecule has 1 aromatic rings. The van der Waals surface area contributed by atoms with Gasteiger partial charge in [-0.1, -0.05) is 0 Å². The Kier molecular flexibility index (Phi) is 4.48. The largest absolute Gasteiger partial charge is 0.493 e. The van der Waals surface area contributed by atoms with Crippen LogP contribution in [0.25, 0.3) is 0 Å². The molecule has 2 fully saturated rings. The molecule has 110 valence electrons. The maximum Gasteiger partial charge on any atom is 0.175 e. The van der Waals surface area contributed by atoms with Gasteiger partial charge in [0.15, 0.2) is 11.5 Å². The summed E-state index contributed by atoms with van der Waals surface area (Å²) in [6.45, 7) is 5.29. The van der Waals surface area contributed by atoms with Crippen LogP contribution in [0.2, 0.25) is 0 Å². The predicted molar refractivity (Wildman–Crippen MR) is 82.5 cm³/mol. The maximum atomic E-state index is 5.93. The van der Waals surface area contributed by atoms with Crippen LogP contribution in [0.5, 0.6) is 11.5 Å². The molecule has 1 aromatic carbocycles. The Bertz CT molecular complexity index is 471. The second-order valence-corrected chi connectivity index (χ2v) is 6.31. The summed E-state index contributed by atoms with van der Waals surface area (Å²) in [7, 11) is 1.70. The lowest BCUT2D eigenvalue weighted by atomic mass is 10.1. The molecule has 1 aliphatic carbocycles. The van der Waals surface area contributed by atoms with Crippen LogP contribution in [0, 0.1) is 0 Å². The van der Waals surface area contributed by atoms with Crippen molar-refractivity contribution in [3.8, 4) is 11.5 Å². The molecule has 0 spiro atoms. The summed E-state index contributed by atoms with van der Waals surface area (Å²) < 4.78 is 12.4. The number of ether oxygens (including phenoxy) is 2. The summed E-state index contributed by atoms with van der Waals surface area (Å²) in [4.78, 5) is 2.46. The van der Waals surface area contributed by atoms with Gasteiger partial charge in [0.1, 0.15) is 0 Å². The predicted octanol–water partition coefficient (Wildman–Crippen LogP) is 2.40. The zero-order valence-electron chi connectivity index (χ0n) is 11.8. The average molecular weight is 341 g/mol. The summed E-state index contributed by atoms with van der Waals surface area (Å²) in [5.41, 5.74) is 1.26. The van der Waals surface area contributed by atoms with Crippen LogP contribution in [0.4, 0.5) is 0 Å². The number of nitrogens with one attached hydrogen (secondary N) is 1. The number of hydrogen-bond donors (Lipinski definition) is 1. The van der Waals surface area contributed by atoms with Crippen LogP contribution >= 0.6 is 15.9 Å². The molecule has 1 heterocycles. The standard InChI is InChI=1S/C15H21BrN2O2/c1-19-14-9-11(10-18-6-4-17-5-7-18)8-13(16)15(14)20-12-2-3-12/h8-9,12,17H,2-7,10H2,1H3. The van der Waals surface area contributed by atoms with Gasteiger partial charge in [0, 0.05) is 32.7 Å². The van der Waals surface area contributed by atoms with Gasteiger partial charge in [-0.2, -0.15) is 0 Å². The molecule has 0 amide bonds. The van der Waals surface area contributed by atoms with E-state index in [0.29, 0.717) is 6.10 Å². The lowest BCUT2D eigenvalue weighted by Crippen LogP contribution is -2.42. The summed E-state index contributed by atoms with van der Waals surface area (Å²) in [5, 5.41) is 3.38. The molecule has 0 radical (unpaired) electrons. The van der Waals surface area contributed by atoms with Gasteiger partial charge in [-0.3, -0.25) is 4.90 Å². The monoisotopic (exact) mass is 340 g/mol. The van der Waals surface area contributed by atoms with Crippen molar-refractivity contribution in [3.63, 3.8) is 0 Å². The first-order valence-corrected chi connectivity index (χ1v) is 8.01. The minimum absolute atomic E-state index is 0.374. The molecule has 20 heavy (non-hydrogen) atoms. The summed E-state index contributed by atoms with van der Waals surface area (Å²) in [6, 6.07) is 4.26. The Morgan fingerprint density at radius 2 is 2.05 bits per heavy atom. The first-order chi connectivity index (χ1) is 9.76. The van der Waals surface area contributed by atoms with E-state index in [-0.39, 0.29) is 0 Å². The summed E-state index contributed by atoms with van der Waals surface area (Å²) in [5.74, 6) is 1.68. The van der Waals surface area contributed by atoms with Crippen LogP contribution in [0.3, 0.4) is 0 Å². The fourth-order valence-corrected chi connectivity index (χ4v) is 3.04. The Balaban J connectivity index is 1.75. The molecule has 2 aliphatic rings. The SMILES string of the molecule is COc1cc(CN2CCNCC2)cc(Br)c1OC1CC1. The zero-order chi connectivity index (χ0) is 13.9. The second-order valence-electron chi connectivity index (χ2n) is 5.45. The molecule has 1 saturated carbocycles. The van der Waals surface area contributed by atoms with Crippen molar-refractivity contribution in [1.29, 1.82) is 0 Å².